The molecule has 5 nitrogen and oxygen atoms in total. The van der Waals surface area contributed by atoms with Crippen molar-refractivity contribution in [1.82, 2.24) is 4.98 Å². The number of halogens is 2. The van der Waals surface area contributed by atoms with Gasteiger partial charge in [-0.05, 0) is 36.4 Å². The number of benzene rings is 2. The first-order chi connectivity index (χ1) is 12.5. The Morgan fingerprint density at radius 3 is 2.50 bits per heavy atom. The second-order valence-corrected chi connectivity index (χ2v) is 6.28. The van der Waals surface area contributed by atoms with Gasteiger partial charge in [0.2, 0.25) is 0 Å². The predicted octanol–water partition coefficient (Wildman–Crippen LogP) is 4.27. The average Bonchev–Trinajstić information content (AvgIpc) is 2.63. The van der Waals surface area contributed by atoms with Gasteiger partial charge in [-0.15, -0.1) is 0 Å². The van der Waals surface area contributed by atoms with Crippen molar-refractivity contribution in [3.63, 3.8) is 0 Å². The molecule has 0 unspecified atom stereocenters. The third-order valence-corrected chi connectivity index (χ3v) is 4.38. The number of anilines is 1. The summed E-state index contributed by atoms with van der Waals surface area (Å²) in [5, 5.41) is 4.28. The van der Waals surface area contributed by atoms with Crippen molar-refractivity contribution in [3.8, 4) is 0 Å². The van der Waals surface area contributed by atoms with E-state index in [2.05, 4.69) is 10.3 Å². The first-order valence-electron chi connectivity index (χ1n) is 7.76. The molecular formula is C19H14Cl2N2O3. The van der Waals surface area contributed by atoms with Crippen molar-refractivity contribution in [3.05, 3.63) is 70.3 Å². The van der Waals surface area contributed by atoms with Crippen molar-refractivity contribution in [2.75, 3.05) is 11.9 Å². The molecule has 1 aromatic heterocycles. The zero-order valence-corrected chi connectivity index (χ0v) is 15.1. The Morgan fingerprint density at radius 2 is 1.73 bits per heavy atom. The van der Waals surface area contributed by atoms with Crippen LogP contribution in [-0.4, -0.2) is 23.5 Å². The normalized spacial score (nSPS) is 10.5. The van der Waals surface area contributed by atoms with Crippen LogP contribution in [0, 0.1) is 0 Å². The van der Waals surface area contributed by atoms with E-state index in [1.807, 2.05) is 12.1 Å². The molecule has 0 radical (unpaired) electrons. The number of nitrogens with zero attached hydrogens (tertiary/aromatic N) is 1. The summed E-state index contributed by atoms with van der Waals surface area (Å²) in [6.45, 7) is -0.405. The Morgan fingerprint density at radius 1 is 1.00 bits per heavy atom. The first kappa shape index (κ1) is 18.2. The number of amides is 1. The summed E-state index contributed by atoms with van der Waals surface area (Å²) < 4.78 is 5.02. The van der Waals surface area contributed by atoms with E-state index in [1.165, 1.54) is 0 Å². The number of pyridine rings is 1. The second kappa shape index (κ2) is 8.17. The number of hydrogen-bond donors (Lipinski definition) is 1. The van der Waals surface area contributed by atoms with Crippen LogP contribution in [0.2, 0.25) is 10.0 Å². The smallest absolute Gasteiger partial charge is 0.310 e. The Balaban J connectivity index is 1.59. The van der Waals surface area contributed by atoms with E-state index in [9.17, 15) is 9.59 Å². The zero-order chi connectivity index (χ0) is 18.5. The van der Waals surface area contributed by atoms with Crippen LogP contribution in [0.3, 0.4) is 0 Å². The molecule has 26 heavy (non-hydrogen) atoms. The van der Waals surface area contributed by atoms with Crippen LogP contribution in [0.4, 0.5) is 5.69 Å². The highest BCUT2D eigenvalue weighted by Crippen LogP contribution is 2.25. The van der Waals surface area contributed by atoms with Crippen molar-refractivity contribution in [2.24, 2.45) is 0 Å². The van der Waals surface area contributed by atoms with Gasteiger partial charge in [0.25, 0.3) is 5.91 Å². The molecule has 1 amide bonds. The number of carbonyl (C=O) groups is 2. The van der Waals surface area contributed by atoms with Gasteiger partial charge in [-0.1, -0.05) is 35.3 Å². The molecule has 1 N–H and O–H groups in total. The molecule has 7 heteroatoms. The molecule has 1 heterocycles. The molecular weight excluding hydrogens is 375 g/mol. The number of fused-ring (bicyclic) bond motifs is 1. The minimum absolute atomic E-state index is 0.107. The maximum atomic E-state index is 12.1. The fourth-order valence-electron chi connectivity index (χ4n) is 2.44. The number of carbonyl (C=O) groups excluding carboxylic acids is 2. The highest BCUT2D eigenvalue weighted by atomic mass is 35.5. The van der Waals surface area contributed by atoms with Crippen LogP contribution in [0.1, 0.15) is 5.56 Å². The molecule has 0 fully saturated rings. The molecule has 0 aliphatic carbocycles. The van der Waals surface area contributed by atoms with E-state index >= 15 is 0 Å². The lowest BCUT2D eigenvalue weighted by atomic mass is 10.1. The minimum atomic E-state index is -0.588. The second-order valence-electron chi connectivity index (χ2n) is 5.46. The third kappa shape index (κ3) is 4.31. The number of rotatable bonds is 5. The number of esters is 1. The molecule has 0 saturated heterocycles. The zero-order valence-electron chi connectivity index (χ0n) is 13.5. The van der Waals surface area contributed by atoms with Gasteiger partial charge in [-0.3, -0.25) is 14.6 Å². The van der Waals surface area contributed by atoms with E-state index < -0.39 is 18.5 Å². The average molecular weight is 389 g/mol. The highest BCUT2D eigenvalue weighted by Gasteiger charge is 2.14. The quantitative estimate of drug-likeness (QED) is 0.662. The van der Waals surface area contributed by atoms with Gasteiger partial charge in [0.15, 0.2) is 6.61 Å². The van der Waals surface area contributed by atoms with Crippen molar-refractivity contribution in [1.29, 1.82) is 0 Å². The van der Waals surface area contributed by atoms with E-state index in [0.717, 1.165) is 10.9 Å². The molecule has 0 spiro atoms. The van der Waals surface area contributed by atoms with Crippen LogP contribution in [0.5, 0.6) is 0 Å². The highest BCUT2D eigenvalue weighted by molar-refractivity contribution is 6.36. The Hall–Kier alpha value is -2.63. The molecule has 0 aliphatic rings. The maximum absolute atomic E-state index is 12.1. The standard InChI is InChI=1S/C19H14Cl2N2O3/c20-14-5-1-6-15(21)13(14)10-19(25)26-11-18(24)23-17-8-2-7-16-12(17)4-3-9-22-16/h1-9H,10-11H2,(H,23,24). The molecule has 0 bridgehead atoms. The summed E-state index contributed by atoms with van der Waals surface area (Å²) in [4.78, 5) is 28.3. The summed E-state index contributed by atoms with van der Waals surface area (Å²) in [5.41, 5.74) is 1.84. The van der Waals surface area contributed by atoms with E-state index in [4.69, 9.17) is 27.9 Å². The van der Waals surface area contributed by atoms with Crippen LogP contribution >= 0.6 is 23.2 Å². The molecule has 132 valence electrons. The number of ether oxygens (including phenoxy) is 1. The van der Waals surface area contributed by atoms with Crippen LogP contribution in [-0.2, 0) is 20.7 Å². The van der Waals surface area contributed by atoms with Crippen molar-refractivity contribution >= 4 is 51.7 Å². The third-order valence-electron chi connectivity index (χ3n) is 3.67. The lowest BCUT2D eigenvalue weighted by Crippen LogP contribution is -2.21. The lowest BCUT2D eigenvalue weighted by molar-refractivity contribution is -0.146. The summed E-state index contributed by atoms with van der Waals surface area (Å²) in [5.74, 6) is -1.03. The molecule has 0 aliphatic heterocycles. The van der Waals surface area contributed by atoms with Gasteiger partial charge in [0.1, 0.15) is 0 Å². The van der Waals surface area contributed by atoms with Crippen LogP contribution in [0.25, 0.3) is 10.9 Å². The molecule has 0 saturated carbocycles. The summed E-state index contributed by atoms with van der Waals surface area (Å²) in [6, 6.07) is 14.0. The molecule has 2 aromatic carbocycles. The van der Waals surface area contributed by atoms with Crippen molar-refractivity contribution in [2.45, 2.75) is 6.42 Å². The van der Waals surface area contributed by atoms with Crippen molar-refractivity contribution < 1.29 is 14.3 Å². The Kier molecular flexibility index (Phi) is 5.71. The topological polar surface area (TPSA) is 68.3 Å². The molecule has 3 rings (SSSR count). The summed E-state index contributed by atoms with van der Waals surface area (Å²) >= 11 is 12.0. The van der Waals surface area contributed by atoms with Gasteiger partial charge >= 0.3 is 5.97 Å². The van der Waals surface area contributed by atoms with Gasteiger partial charge in [-0.2, -0.15) is 0 Å². The molecule has 0 atom stereocenters. The monoisotopic (exact) mass is 388 g/mol. The largest absolute Gasteiger partial charge is 0.455 e. The minimum Gasteiger partial charge on any atom is -0.455 e. The van der Waals surface area contributed by atoms with Crippen LogP contribution < -0.4 is 5.32 Å². The summed E-state index contributed by atoms with van der Waals surface area (Å²) in [7, 11) is 0. The first-order valence-corrected chi connectivity index (χ1v) is 8.52. The fourth-order valence-corrected chi connectivity index (χ4v) is 2.97. The number of nitrogens with one attached hydrogen (secondary N) is 1. The van der Waals surface area contributed by atoms with E-state index in [1.54, 1.807) is 42.6 Å². The van der Waals surface area contributed by atoms with Gasteiger partial charge in [0, 0.05) is 27.2 Å². The number of aromatic nitrogens is 1. The maximum Gasteiger partial charge on any atom is 0.310 e. The number of hydrogen-bond acceptors (Lipinski definition) is 4. The summed E-state index contributed by atoms with van der Waals surface area (Å²) in [6.07, 6.45) is 1.57. The Labute approximate surface area is 159 Å². The van der Waals surface area contributed by atoms with Crippen LogP contribution in [0.15, 0.2) is 54.7 Å². The lowest BCUT2D eigenvalue weighted by Gasteiger charge is -2.10. The fraction of sp³-hybridized carbons (Fsp3) is 0.105. The SMILES string of the molecule is O=C(COC(=O)Cc1c(Cl)cccc1Cl)Nc1cccc2ncccc12. The predicted molar refractivity (Wildman–Crippen MR) is 101 cm³/mol. The molecule has 3 aromatic rings. The van der Waals surface area contributed by atoms with Gasteiger partial charge in [0.05, 0.1) is 17.6 Å². The van der Waals surface area contributed by atoms with E-state index in [-0.39, 0.29) is 6.42 Å². The van der Waals surface area contributed by atoms with Gasteiger partial charge in [-0.25, -0.2) is 0 Å². The Bertz CT molecular complexity index is 950. The van der Waals surface area contributed by atoms with E-state index in [0.29, 0.717) is 21.3 Å². The van der Waals surface area contributed by atoms with Gasteiger partial charge < -0.3 is 10.1 Å².